The first-order valence-electron chi connectivity index (χ1n) is 8.96. The second-order valence-corrected chi connectivity index (χ2v) is 8.31. The van der Waals surface area contributed by atoms with Crippen LogP contribution in [0.25, 0.3) is 0 Å². The van der Waals surface area contributed by atoms with Crippen LogP contribution >= 0.6 is 0 Å². The van der Waals surface area contributed by atoms with E-state index in [4.69, 9.17) is 4.74 Å². The SMILES string of the molecule is CCCCS(=O)(=O)c1ccc(NC(=O)C(CC)Oc2cccc(C)c2)nn1. The van der Waals surface area contributed by atoms with Crippen LogP contribution in [0.15, 0.2) is 41.4 Å². The number of hydrogen-bond donors (Lipinski definition) is 1. The summed E-state index contributed by atoms with van der Waals surface area (Å²) < 4.78 is 29.9. The highest BCUT2D eigenvalue weighted by molar-refractivity contribution is 7.91. The third-order valence-electron chi connectivity index (χ3n) is 3.91. The fourth-order valence-corrected chi connectivity index (χ4v) is 3.69. The van der Waals surface area contributed by atoms with E-state index < -0.39 is 15.9 Å². The van der Waals surface area contributed by atoms with Gasteiger partial charge in [0.25, 0.3) is 5.91 Å². The van der Waals surface area contributed by atoms with Crippen molar-refractivity contribution >= 4 is 21.6 Å². The lowest BCUT2D eigenvalue weighted by Gasteiger charge is -2.17. The largest absolute Gasteiger partial charge is 0.481 e. The van der Waals surface area contributed by atoms with Gasteiger partial charge in [0.05, 0.1) is 5.75 Å². The highest BCUT2D eigenvalue weighted by atomic mass is 32.2. The number of sulfone groups is 1. The smallest absolute Gasteiger partial charge is 0.266 e. The van der Waals surface area contributed by atoms with E-state index in [9.17, 15) is 13.2 Å². The van der Waals surface area contributed by atoms with Gasteiger partial charge in [-0.15, -0.1) is 10.2 Å². The Labute approximate surface area is 160 Å². The molecule has 1 aromatic heterocycles. The Balaban J connectivity index is 2.03. The van der Waals surface area contributed by atoms with Gasteiger partial charge < -0.3 is 10.1 Å². The molecule has 146 valence electrons. The van der Waals surface area contributed by atoms with E-state index in [1.165, 1.54) is 12.1 Å². The Kier molecular flexibility index (Phi) is 7.29. The number of anilines is 1. The van der Waals surface area contributed by atoms with Gasteiger partial charge in [-0.25, -0.2) is 8.42 Å². The maximum Gasteiger partial charge on any atom is 0.266 e. The minimum absolute atomic E-state index is 0.0339. The molecule has 1 amide bonds. The number of aromatic nitrogens is 2. The zero-order valence-electron chi connectivity index (χ0n) is 15.8. The molecule has 0 bridgehead atoms. The summed E-state index contributed by atoms with van der Waals surface area (Å²) in [6.45, 7) is 5.71. The van der Waals surface area contributed by atoms with E-state index in [0.717, 1.165) is 12.0 Å². The molecule has 1 aromatic carbocycles. The van der Waals surface area contributed by atoms with Crippen molar-refractivity contribution in [3.05, 3.63) is 42.0 Å². The number of nitrogens with one attached hydrogen (secondary N) is 1. The third-order valence-corrected chi connectivity index (χ3v) is 5.59. The Morgan fingerprint density at radius 3 is 2.56 bits per heavy atom. The molecule has 0 fully saturated rings. The predicted octanol–water partition coefficient (Wildman–Crippen LogP) is 3.15. The van der Waals surface area contributed by atoms with Crippen molar-refractivity contribution in [2.24, 2.45) is 0 Å². The standard InChI is InChI=1S/C19H25N3O4S/c1-4-6-12-27(24,25)18-11-10-17(21-22-18)20-19(23)16(5-2)26-15-9-7-8-14(3)13-15/h7-11,13,16H,4-6,12H2,1-3H3,(H,20,21,23). The number of rotatable bonds is 9. The van der Waals surface area contributed by atoms with Crippen LogP contribution in [-0.4, -0.2) is 36.4 Å². The van der Waals surface area contributed by atoms with Gasteiger partial charge in [-0.1, -0.05) is 32.4 Å². The topological polar surface area (TPSA) is 98.2 Å². The Morgan fingerprint density at radius 1 is 1.19 bits per heavy atom. The molecule has 1 heterocycles. The molecule has 0 saturated carbocycles. The number of hydrogen-bond acceptors (Lipinski definition) is 6. The summed E-state index contributed by atoms with van der Waals surface area (Å²) >= 11 is 0. The second kappa shape index (κ2) is 9.45. The number of unbranched alkanes of at least 4 members (excludes halogenated alkanes) is 1. The molecule has 0 aliphatic carbocycles. The highest BCUT2D eigenvalue weighted by Crippen LogP contribution is 2.17. The molecule has 8 heteroatoms. The molecule has 1 unspecified atom stereocenters. The molecule has 0 aliphatic heterocycles. The molecule has 0 radical (unpaired) electrons. The number of carbonyl (C=O) groups is 1. The van der Waals surface area contributed by atoms with Crippen molar-refractivity contribution in [2.45, 2.75) is 51.2 Å². The average Bonchev–Trinajstić information content (AvgIpc) is 2.65. The van der Waals surface area contributed by atoms with Gasteiger partial charge in [0, 0.05) is 0 Å². The molecule has 7 nitrogen and oxygen atoms in total. The van der Waals surface area contributed by atoms with Crippen LogP contribution in [0.4, 0.5) is 5.82 Å². The number of nitrogens with zero attached hydrogens (tertiary/aromatic N) is 2. The van der Waals surface area contributed by atoms with Crippen molar-refractivity contribution in [3.63, 3.8) is 0 Å². The number of amides is 1. The quantitative estimate of drug-likeness (QED) is 0.705. The number of aryl methyl sites for hydroxylation is 1. The van der Waals surface area contributed by atoms with E-state index in [1.807, 2.05) is 39.0 Å². The van der Waals surface area contributed by atoms with E-state index >= 15 is 0 Å². The van der Waals surface area contributed by atoms with Crippen LogP contribution < -0.4 is 10.1 Å². The first-order valence-corrected chi connectivity index (χ1v) is 10.6. The first kappa shape index (κ1) is 20.8. The molecule has 2 rings (SSSR count). The molecule has 1 N–H and O–H groups in total. The molecular weight excluding hydrogens is 366 g/mol. The lowest BCUT2D eigenvalue weighted by Crippen LogP contribution is -2.32. The summed E-state index contributed by atoms with van der Waals surface area (Å²) in [5.74, 6) is 0.461. The van der Waals surface area contributed by atoms with Crippen molar-refractivity contribution in [1.29, 1.82) is 0 Å². The Bertz CT molecular complexity index is 867. The average molecular weight is 391 g/mol. The van der Waals surface area contributed by atoms with Gasteiger partial charge in [-0.3, -0.25) is 4.79 Å². The summed E-state index contributed by atoms with van der Waals surface area (Å²) in [5, 5.41) is 10.1. The lowest BCUT2D eigenvalue weighted by atomic mass is 10.2. The molecule has 27 heavy (non-hydrogen) atoms. The summed E-state index contributed by atoms with van der Waals surface area (Å²) in [5.41, 5.74) is 1.04. The van der Waals surface area contributed by atoms with Crippen molar-refractivity contribution in [3.8, 4) is 5.75 Å². The van der Waals surface area contributed by atoms with Crippen molar-refractivity contribution in [2.75, 3.05) is 11.1 Å². The van der Waals surface area contributed by atoms with Gasteiger partial charge in [-0.2, -0.15) is 0 Å². The van der Waals surface area contributed by atoms with E-state index in [0.29, 0.717) is 18.6 Å². The Morgan fingerprint density at radius 2 is 1.96 bits per heavy atom. The third kappa shape index (κ3) is 6.02. The van der Waals surface area contributed by atoms with Crippen molar-refractivity contribution < 1.29 is 17.9 Å². The highest BCUT2D eigenvalue weighted by Gasteiger charge is 2.20. The molecule has 0 aliphatic rings. The van der Waals surface area contributed by atoms with Crippen molar-refractivity contribution in [1.82, 2.24) is 10.2 Å². The van der Waals surface area contributed by atoms with Crippen LogP contribution in [0.3, 0.4) is 0 Å². The summed E-state index contributed by atoms with van der Waals surface area (Å²) in [4.78, 5) is 12.4. The number of ether oxygens (including phenoxy) is 1. The van der Waals surface area contributed by atoms with E-state index in [1.54, 1.807) is 6.07 Å². The molecule has 0 saturated heterocycles. The fourth-order valence-electron chi connectivity index (χ4n) is 2.37. The van der Waals surface area contributed by atoms with Gasteiger partial charge in [0.15, 0.2) is 26.8 Å². The van der Waals surface area contributed by atoms with Gasteiger partial charge in [-0.05, 0) is 49.6 Å². The molecular formula is C19H25N3O4S. The number of carbonyl (C=O) groups excluding carboxylic acids is 1. The summed E-state index contributed by atoms with van der Waals surface area (Å²) in [6.07, 6.45) is 1.12. The first-order chi connectivity index (χ1) is 12.9. The van der Waals surface area contributed by atoms with Crippen LogP contribution in [0, 0.1) is 6.92 Å². The normalized spacial score (nSPS) is 12.4. The maximum atomic E-state index is 12.4. The molecule has 0 spiro atoms. The van der Waals surface area contributed by atoms with Crippen LogP contribution in [-0.2, 0) is 14.6 Å². The minimum atomic E-state index is -3.44. The summed E-state index contributed by atoms with van der Waals surface area (Å²) in [6, 6.07) is 10.2. The second-order valence-electron chi connectivity index (χ2n) is 6.25. The van der Waals surface area contributed by atoms with E-state index in [2.05, 4.69) is 15.5 Å². The van der Waals surface area contributed by atoms with E-state index in [-0.39, 0.29) is 22.5 Å². The molecule has 2 aromatic rings. The minimum Gasteiger partial charge on any atom is -0.481 e. The summed E-state index contributed by atoms with van der Waals surface area (Å²) in [7, 11) is -3.44. The van der Waals surface area contributed by atoms with Gasteiger partial charge >= 0.3 is 0 Å². The monoisotopic (exact) mass is 391 g/mol. The van der Waals surface area contributed by atoms with Crippen LogP contribution in [0.5, 0.6) is 5.75 Å². The Hall–Kier alpha value is -2.48. The van der Waals surface area contributed by atoms with Crippen LogP contribution in [0.2, 0.25) is 0 Å². The van der Waals surface area contributed by atoms with Gasteiger partial charge in [0.2, 0.25) is 0 Å². The van der Waals surface area contributed by atoms with Crippen LogP contribution in [0.1, 0.15) is 38.7 Å². The maximum absolute atomic E-state index is 12.4. The predicted molar refractivity (Wildman–Crippen MR) is 104 cm³/mol. The molecule has 1 atom stereocenters. The number of benzene rings is 1. The fraction of sp³-hybridized carbons (Fsp3) is 0.421. The lowest BCUT2D eigenvalue weighted by molar-refractivity contribution is -0.122. The van der Waals surface area contributed by atoms with Gasteiger partial charge in [0.1, 0.15) is 5.75 Å². The zero-order chi connectivity index (χ0) is 19.9. The zero-order valence-corrected chi connectivity index (χ0v) is 16.6.